The Morgan fingerprint density at radius 1 is 1.19 bits per heavy atom. The minimum Gasteiger partial charge on any atom is -0.284 e. The van der Waals surface area contributed by atoms with Crippen molar-refractivity contribution in [3.8, 4) is 11.3 Å². The summed E-state index contributed by atoms with van der Waals surface area (Å²) in [6.07, 6.45) is 1.78. The number of carbonyl (C=O) groups is 1. The summed E-state index contributed by atoms with van der Waals surface area (Å²) in [5.74, 6) is -1.25. The molecule has 0 aliphatic carbocycles. The molecule has 3 rings (SSSR count). The fourth-order valence-corrected chi connectivity index (χ4v) is 3.52. The second kappa shape index (κ2) is 8.68. The van der Waals surface area contributed by atoms with Gasteiger partial charge in [-0.05, 0) is 30.2 Å². The van der Waals surface area contributed by atoms with Crippen LogP contribution in [-0.4, -0.2) is 17.4 Å². The van der Waals surface area contributed by atoms with Crippen LogP contribution in [-0.2, 0) is 11.2 Å². The number of hydrogen-bond acceptors (Lipinski definition) is 3. The standard InChI is InChI=1S/C21H18F2N2OS/c1-2-12-25(20(26)11-8-16-13-17(22)9-10-18(16)23)21-24-19(14-27-21)15-6-4-3-5-7-15/h2-7,9-10,13-14H,1,8,11-12H2. The van der Waals surface area contributed by atoms with Crippen molar-refractivity contribution in [3.63, 3.8) is 0 Å². The van der Waals surface area contributed by atoms with Crippen LogP contribution in [0.2, 0.25) is 0 Å². The number of anilines is 1. The van der Waals surface area contributed by atoms with Gasteiger partial charge in [-0.2, -0.15) is 0 Å². The molecule has 1 heterocycles. The van der Waals surface area contributed by atoms with E-state index in [4.69, 9.17) is 0 Å². The lowest BCUT2D eigenvalue weighted by atomic mass is 10.1. The van der Waals surface area contributed by atoms with Gasteiger partial charge in [0.2, 0.25) is 5.91 Å². The van der Waals surface area contributed by atoms with E-state index in [2.05, 4.69) is 11.6 Å². The summed E-state index contributed by atoms with van der Waals surface area (Å²) >= 11 is 1.36. The summed E-state index contributed by atoms with van der Waals surface area (Å²) in [6, 6.07) is 12.9. The summed E-state index contributed by atoms with van der Waals surface area (Å²) in [6.45, 7) is 3.99. The summed E-state index contributed by atoms with van der Waals surface area (Å²) in [5, 5.41) is 2.44. The van der Waals surface area contributed by atoms with Crippen LogP contribution in [0.4, 0.5) is 13.9 Å². The molecule has 0 N–H and O–H groups in total. The average molecular weight is 384 g/mol. The molecule has 0 aliphatic rings. The molecule has 0 atom stereocenters. The van der Waals surface area contributed by atoms with Crippen LogP contribution in [0.5, 0.6) is 0 Å². The van der Waals surface area contributed by atoms with Crippen LogP contribution in [0.25, 0.3) is 11.3 Å². The normalized spacial score (nSPS) is 10.6. The lowest BCUT2D eigenvalue weighted by Gasteiger charge is -2.18. The van der Waals surface area contributed by atoms with E-state index in [-0.39, 0.29) is 24.3 Å². The number of rotatable bonds is 7. The molecular weight excluding hydrogens is 366 g/mol. The molecule has 27 heavy (non-hydrogen) atoms. The molecule has 0 aliphatic heterocycles. The summed E-state index contributed by atoms with van der Waals surface area (Å²) < 4.78 is 27.1. The van der Waals surface area contributed by atoms with Crippen LogP contribution in [0.3, 0.4) is 0 Å². The molecule has 1 aromatic heterocycles. The lowest BCUT2D eigenvalue weighted by Crippen LogP contribution is -2.31. The van der Waals surface area contributed by atoms with Gasteiger partial charge in [0.05, 0.1) is 5.69 Å². The third kappa shape index (κ3) is 4.65. The highest BCUT2D eigenvalue weighted by Crippen LogP contribution is 2.28. The van der Waals surface area contributed by atoms with Gasteiger partial charge < -0.3 is 0 Å². The summed E-state index contributed by atoms with van der Waals surface area (Å²) in [4.78, 5) is 18.7. The monoisotopic (exact) mass is 384 g/mol. The molecule has 6 heteroatoms. The van der Waals surface area contributed by atoms with Gasteiger partial charge in [0.15, 0.2) is 5.13 Å². The summed E-state index contributed by atoms with van der Waals surface area (Å²) in [5.41, 5.74) is 1.94. The molecule has 3 aromatic rings. The fraction of sp³-hybridized carbons (Fsp3) is 0.143. The smallest absolute Gasteiger partial charge is 0.229 e. The molecule has 0 radical (unpaired) electrons. The number of hydrogen-bond donors (Lipinski definition) is 0. The van der Waals surface area contributed by atoms with Crippen LogP contribution >= 0.6 is 11.3 Å². The number of amides is 1. The third-order valence-corrected chi connectivity index (χ3v) is 4.88. The van der Waals surface area contributed by atoms with E-state index in [1.165, 1.54) is 16.2 Å². The van der Waals surface area contributed by atoms with Gasteiger partial charge in [-0.3, -0.25) is 9.69 Å². The number of aryl methyl sites for hydroxylation is 1. The second-order valence-electron chi connectivity index (χ2n) is 5.91. The maximum absolute atomic E-state index is 13.8. The molecular formula is C21H18F2N2OS. The van der Waals surface area contributed by atoms with E-state index in [1.54, 1.807) is 6.08 Å². The van der Waals surface area contributed by atoms with Crippen molar-refractivity contribution in [2.75, 3.05) is 11.4 Å². The highest BCUT2D eigenvalue weighted by atomic mass is 32.1. The number of aromatic nitrogens is 1. The summed E-state index contributed by atoms with van der Waals surface area (Å²) in [7, 11) is 0. The Morgan fingerprint density at radius 3 is 2.70 bits per heavy atom. The maximum Gasteiger partial charge on any atom is 0.229 e. The van der Waals surface area contributed by atoms with E-state index in [0.29, 0.717) is 11.7 Å². The zero-order valence-electron chi connectivity index (χ0n) is 14.6. The Balaban J connectivity index is 1.75. The van der Waals surface area contributed by atoms with Crippen LogP contribution in [0.15, 0.2) is 66.6 Å². The Hall–Kier alpha value is -2.86. The zero-order valence-corrected chi connectivity index (χ0v) is 15.4. The molecule has 1 amide bonds. The molecule has 0 fully saturated rings. The predicted octanol–water partition coefficient (Wildman–Crippen LogP) is 5.24. The van der Waals surface area contributed by atoms with Gasteiger partial charge in [-0.25, -0.2) is 13.8 Å². The first kappa shape index (κ1) is 18.9. The van der Waals surface area contributed by atoms with E-state index in [1.807, 2.05) is 35.7 Å². The predicted molar refractivity (Wildman–Crippen MR) is 105 cm³/mol. The van der Waals surface area contributed by atoms with Gasteiger partial charge in [0.1, 0.15) is 11.6 Å². The minimum absolute atomic E-state index is 0.0501. The number of halogens is 2. The van der Waals surface area contributed by atoms with Crippen molar-refractivity contribution >= 4 is 22.4 Å². The first-order valence-electron chi connectivity index (χ1n) is 8.44. The minimum atomic E-state index is -0.519. The Morgan fingerprint density at radius 2 is 1.96 bits per heavy atom. The average Bonchev–Trinajstić information content (AvgIpc) is 3.17. The third-order valence-electron chi connectivity index (χ3n) is 4.02. The Kier molecular flexibility index (Phi) is 6.08. The molecule has 3 nitrogen and oxygen atoms in total. The number of nitrogens with zero attached hydrogens (tertiary/aromatic N) is 2. The fourth-order valence-electron chi connectivity index (χ4n) is 2.66. The number of carbonyl (C=O) groups excluding carboxylic acids is 1. The molecule has 0 saturated heterocycles. The number of thiazole rings is 1. The molecule has 0 bridgehead atoms. The molecule has 2 aromatic carbocycles. The number of benzene rings is 2. The van der Waals surface area contributed by atoms with Crippen molar-refractivity contribution in [3.05, 3.63) is 83.8 Å². The SMILES string of the molecule is C=CCN(C(=O)CCc1cc(F)ccc1F)c1nc(-c2ccccc2)cs1. The van der Waals surface area contributed by atoms with Gasteiger partial charge in [0, 0.05) is 23.9 Å². The zero-order chi connectivity index (χ0) is 19.2. The van der Waals surface area contributed by atoms with Crippen LogP contribution < -0.4 is 4.90 Å². The van der Waals surface area contributed by atoms with Crippen molar-refractivity contribution in [2.45, 2.75) is 12.8 Å². The van der Waals surface area contributed by atoms with E-state index < -0.39 is 11.6 Å². The van der Waals surface area contributed by atoms with E-state index >= 15 is 0 Å². The van der Waals surface area contributed by atoms with Crippen molar-refractivity contribution in [1.29, 1.82) is 0 Å². The quantitative estimate of drug-likeness (QED) is 0.522. The van der Waals surface area contributed by atoms with Gasteiger partial charge in [-0.1, -0.05) is 36.4 Å². The first-order chi connectivity index (χ1) is 13.1. The first-order valence-corrected chi connectivity index (χ1v) is 9.32. The highest BCUT2D eigenvalue weighted by Gasteiger charge is 2.19. The Labute approximate surface area is 160 Å². The highest BCUT2D eigenvalue weighted by molar-refractivity contribution is 7.14. The van der Waals surface area contributed by atoms with Crippen molar-refractivity contribution in [2.24, 2.45) is 0 Å². The maximum atomic E-state index is 13.8. The Bertz CT molecular complexity index is 940. The van der Waals surface area contributed by atoms with Crippen molar-refractivity contribution < 1.29 is 13.6 Å². The van der Waals surface area contributed by atoms with Gasteiger partial charge in [0.25, 0.3) is 0 Å². The molecule has 0 unspecified atom stereocenters. The molecule has 0 spiro atoms. The topological polar surface area (TPSA) is 33.2 Å². The molecule has 0 saturated carbocycles. The van der Waals surface area contributed by atoms with Gasteiger partial charge >= 0.3 is 0 Å². The van der Waals surface area contributed by atoms with Gasteiger partial charge in [-0.15, -0.1) is 17.9 Å². The van der Waals surface area contributed by atoms with E-state index in [0.717, 1.165) is 29.5 Å². The lowest BCUT2D eigenvalue weighted by molar-refractivity contribution is -0.118. The molecule has 138 valence electrons. The van der Waals surface area contributed by atoms with Crippen LogP contribution in [0, 0.1) is 11.6 Å². The second-order valence-corrected chi connectivity index (χ2v) is 6.75. The van der Waals surface area contributed by atoms with Crippen LogP contribution in [0.1, 0.15) is 12.0 Å². The van der Waals surface area contributed by atoms with Crippen molar-refractivity contribution in [1.82, 2.24) is 4.98 Å². The largest absolute Gasteiger partial charge is 0.284 e. The van der Waals surface area contributed by atoms with E-state index in [9.17, 15) is 13.6 Å².